The van der Waals surface area contributed by atoms with E-state index in [1.165, 1.54) is 43.5 Å². The lowest BCUT2D eigenvalue weighted by molar-refractivity contribution is -0.384. The highest BCUT2D eigenvalue weighted by Gasteiger charge is 2.31. The van der Waals surface area contributed by atoms with Gasteiger partial charge < -0.3 is 19.5 Å². The van der Waals surface area contributed by atoms with Gasteiger partial charge in [0.05, 0.1) is 29.8 Å². The first-order valence-corrected chi connectivity index (χ1v) is 11.4. The van der Waals surface area contributed by atoms with Crippen LogP contribution >= 0.6 is 0 Å². The number of carbonyl (C=O) groups excluding carboxylic acids is 2. The zero-order valence-electron chi connectivity index (χ0n) is 19.5. The van der Waals surface area contributed by atoms with Gasteiger partial charge in [-0.05, 0) is 69.9 Å². The smallest absolute Gasteiger partial charge is 0.342 e. The Bertz CT molecular complexity index is 1060. The van der Waals surface area contributed by atoms with Gasteiger partial charge in [-0.2, -0.15) is 0 Å². The molecule has 0 unspecified atom stereocenters. The van der Waals surface area contributed by atoms with Crippen LogP contribution in [0, 0.1) is 17.0 Å². The van der Waals surface area contributed by atoms with Gasteiger partial charge in [-0.15, -0.1) is 0 Å². The number of likely N-dealkylation sites (tertiary alicyclic amines) is 1. The van der Waals surface area contributed by atoms with Crippen molar-refractivity contribution in [1.29, 1.82) is 0 Å². The van der Waals surface area contributed by atoms with E-state index >= 15 is 0 Å². The molecule has 0 radical (unpaired) electrons. The van der Waals surface area contributed by atoms with Crippen LogP contribution in [0.5, 0.6) is 5.75 Å². The Morgan fingerprint density at radius 3 is 2.47 bits per heavy atom. The van der Waals surface area contributed by atoms with Gasteiger partial charge in [-0.1, -0.05) is 18.6 Å². The number of phenolic OH excluding ortho intramolecular Hbond substituents is 1. The van der Waals surface area contributed by atoms with Crippen LogP contribution in [0.25, 0.3) is 11.1 Å². The van der Waals surface area contributed by atoms with E-state index in [9.17, 15) is 24.8 Å². The van der Waals surface area contributed by atoms with Gasteiger partial charge in [-0.25, -0.2) is 9.59 Å². The number of carbonyl (C=O) groups is 2. The van der Waals surface area contributed by atoms with Crippen LogP contribution in [0.4, 0.5) is 5.69 Å². The monoisotopic (exact) mass is 470 g/mol. The summed E-state index contributed by atoms with van der Waals surface area (Å²) in [5.41, 5.74) is -0.369. The number of piperidine rings is 1. The molecule has 0 aliphatic carbocycles. The molecule has 1 aliphatic heterocycles. The van der Waals surface area contributed by atoms with Crippen molar-refractivity contribution in [2.45, 2.75) is 39.0 Å². The van der Waals surface area contributed by atoms with Crippen molar-refractivity contribution in [2.75, 3.05) is 33.4 Å². The van der Waals surface area contributed by atoms with Crippen molar-refractivity contribution in [2.24, 2.45) is 0 Å². The van der Waals surface area contributed by atoms with Crippen LogP contribution in [-0.4, -0.2) is 60.2 Å². The molecular weight excluding hydrogens is 440 g/mol. The van der Waals surface area contributed by atoms with Gasteiger partial charge in [0.25, 0.3) is 5.69 Å². The summed E-state index contributed by atoms with van der Waals surface area (Å²) in [5, 5.41) is 22.2. The average molecular weight is 471 g/mol. The summed E-state index contributed by atoms with van der Waals surface area (Å²) < 4.78 is 10.3. The number of unbranched alkanes of at least 4 members (excludes halogenated alkanes) is 1. The Morgan fingerprint density at radius 2 is 1.79 bits per heavy atom. The number of nitrogens with zero attached hydrogens (tertiary/aromatic N) is 2. The third-order valence-electron chi connectivity index (χ3n) is 6.02. The molecule has 3 rings (SSSR count). The maximum Gasteiger partial charge on any atom is 0.342 e. The number of rotatable bonds is 9. The Balaban J connectivity index is 1.90. The van der Waals surface area contributed by atoms with Gasteiger partial charge >= 0.3 is 11.9 Å². The zero-order valence-corrected chi connectivity index (χ0v) is 19.5. The molecule has 1 N–H and O–H groups in total. The molecule has 2 aromatic carbocycles. The predicted octanol–water partition coefficient (Wildman–Crippen LogP) is 4.49. The zero-order chi connectivity index (χ0) is 24.7. The van der Waals surface area contributed by atoms with E-state index in [2.05, 4.69) is 4.90 Å². The van der Waals surface area contributed by atoms with E-state index in [-0.39, 0.29) is 34.5 Å². The van der Waals surface area contributed by atoms with Crippen molar-refractivity contribution in [1.82, 2.24) is 4.90 Å². The first kappa shape index (κ1) is 25.2. The molecule has 0 amide bonds. The molecule has 2 aromatic rings. The fraction of sp³-hybridized carbons (Fsp3) is 0.440. The Kier molecular flexibility index (Phi) is 8.59. The largest absolute Gasteiger partial charge is 0.507 e. The number of aryl methyl sites for hydroxylation is 1. The average Bonchev–Trinajstić information content (AvgIpc) is 2.83. The molecule has 1 aliphatic rings. The highest BCUT2D eigenvalue weighted by Crippen LogP contribution is 2.40. The van der Waals surface area contributed by atoms with Crippen molar-refractivity contribution in [3.63, 3.8) is 0 Å². The first-order valence-electron chi connectivity index (χ1n) is 11.4. The highest BCUT2D eigenvalue weighted by atomic mass is 16.6. The molecule has 182 valence electrons. The quantitative estimate of drug-likeness (QED) is 0.246. The SMILES string of the molecule is COC(=O)c1c(O)cc(C)c(C(=O)OCCCCN2CCCCC2)c1-c1ccccc1[N+](=O)[O-]. The summed E-state index contributed by atoms with van der Waals surface area (Å²) in [4.78, 5) is 39.2. The number of nitro benzene ring substituents is 1. The number of aromatic hydroxyl groups is 1. The van der Waals surface area contributed by atoms with E-state index < -0.39 is 22.6 Å². The highest BCUT2D eigenvalue weighted by molar-refractivity contribution is 6.09. The van der Waals surface area contributed by atoms with Gasteiger partial charge in [0.15, 0.2) is 0 Å². The van der Waals surface area contributed by atoms with E-state index in [4.69, 9.17) is 9.47 Å². The molecule has 0 spiro atoms. The van der Waals surface area contributed by atoms with Gasteiger partial charge in [0.1, 0.15) is 11.3 Å². The second kappa shape index (κ2) is 11.6. The molecule has 0 bridgehead atoms. The van der Waals surface area contributed by atoms with Crippen LogP contribution in [0.1, 0.15) is 58.4 Å². The molecule has 9 nitrogen and oxygen atoms in total. The van der Waals surface area contributed by atoms with Crippen LogP contribution < -0.4 is 0 Å². The number of phenols is 1. The van der Waals surface area contributed by atoms with Gasteiger partial charge in [0, 0.05) is 11.6 Å². The van der Waals surface area contributed by atoms with Gasteiger partial charge in [0.2, 0.25) is 0 Å². The lowest BCUT2D eigenvalue weighted by Gasteiger charge is -2.26. The fourth-order valence-corrected chi connectivity index (χ4v) is 4.34. The summed E-state index contributed by atoms with van der Waals surface area (Å²) in [6, 6.07) is 6.99. The first-order chi connectivity index (χ1) is 16.3. The summed E-state index contributed by atoms with van der Waals surface area (Å²) in [5.74, 6) is -2.06. The molecule has 1 heterocycles. The second-order valence-electron chi connectivity index (χ2n) is 8.35. The number of ether oxygens (including phenoxy) is 2. The van der Waals surface area contributed by atoms with E-state index in [0.29, 0.717) is 12.0 Å². The summed E-state index contributed by atoms with van der Waals surface area (Å²) in [6.45, 7) is 4.90. The second-order valence-corrected chi connectivity index (χ2v) is 8.35. The Labute approximate surface area is 198 Å². The normalized spacial score (nSPS) is 13.9. The van der Waals surface area contributed by atoms with Crippen LogP contribution in [0.2, 0.25) is 0 Å². The lowest BCUT2D eigenvalue weighted by Crippen LogP contribution is -2.30. The van der Waals surface area contributed by atoms with Crippen molar-refractivity contribution >= 4 is 17.6 Å². The minimum atomic E-state index is -0.916. The van der Waals surface area contributed by atoms with E-state index in [1.54, 1.807) is 13.0 Å². The number of nitro groups is 1. The number of benzene rings is 2. The summed E-state index contributed by atoms with van der Waals surface area (Å²) in [7, 11) is 1.13. The van der Waals surface area contributed by atoms with E-state index in [0.717, 1.165) is 33.2 Å². The minimum absolute atomic E-state index is 0.0106. The molecule has 0 saturated carbocycles. The minimum Gasteiger partial charge on any atom is -0.507 e. The number of methoxy groups -OCH3 is 1. The molecule has 1 fully saturated rings. The Hall–Kier alpha value is -3.46. The topological polar surface area (TPSA) is 119 Å². The number of hydrogen-bond donors (Lipinski definition) is 1. The molecule has 9 heteroatoms. The molecule has 0 aromatic heterocycles. The molecular formula is C25H30N2O7. The third kappa shape index (κ3) is 5.72. The standard InChI is InChI=1S/C25H30N2O7/c1-17-16-20(28)23(24(29)33-2)22(18-10-4-5-11-19(18)27(31)32)21(17)25(30)34-15-9-8-14-26-12-6-3-7-13-26/h4-5,10-11,16,28H,3,6-9,12-15H2,1-2H3. The predicted molar refractivity (Wildman–Crippen MR) is 126 cm³/mol. The van der Waals surface area contributed by atoms with Crippen molar-refractivity contribution < 1.29 is 29.1 Å². The van der Waals surface area contributed by atoms with Gasteiger partial charge in [-0.3, -0.25) is 10.1 Å². The summed E-state index contributed by atoms with van der Waals surface area (Å²) in [6.07, 6.45) is 5.25. The lowest BCUT2D eigenvalue weighted by atomic mass is 9.89. The number of esters is 2. The third-order valence-corrected chi connectivity index (χ3v) is 6.02. The van der Waals surface area contributed by atoms with Crippen molar-refractivity contribution in [3.05, 3.63) is 57.1 Å². The number of para-hydroxylation sites is 1. The fourth-order valence-electron chi connectivity index (χ4n) is 4.34. The summed E-state index contributed by atoms with van der Waals surface area (Å²) >= 11 is 0. The van der Waals surface area contributed by atoms with E-state index in [1.807, 2.05) is 0 Å². The maximum absolute atomic E-state index is 13.1. The Morgan fingerprint density at radius 1 is 1.09 bits per heavy atom. The van der Waals surface area contributed by atoms with Crippen LogP contribution in [-0.2, 0) is 9.47 Å². The van der Waals surface area contributed by atoms with Crippen molar-refractivity contribution in [3.8, 4) is 16.9 Å². The molecule has 0 atom stereocenters. The molecule has 34 heavy (non-hydrogen) atoms. The number of hydrogen-bond acceptors (Lipinski definition) is 8. The van der Waals surface area contributed by atoms with Crippen LogP contribution in [0.15, 0.2) is 30.3 Å². The maximum atomic E-state index is 13.1. The molecule has 1 saturated heterocycles. The van der Waals surface area contributed by atoms with Crippen LogP contribution in [0.3, 0.4) is 0 Å².